The van der Waals surface area contributed by atoms with E-state index in [1.807, 2.05) is 6.07 Å². The van der Waals surface area contributed by atoms with Crippen LogP contribution in [0.2, 0.25) is 5.02 Å². The Morgan fingerprint density at radius 2 is 2.08 bits per heavy atom. The largest absolute Gasteiger partial charge is 1.00 e. The topological polar surface area (TPSA) is 140 Å². The second-order valence-corrected chi connectivity index (χ2v) is 11.5. The van der Waals surface area contributed by atoms with Crippen molar-refractivity contribution in [2.45, 2.75) is 19.3 Å². The molecule has 0 aliphatic carbocycles. The van der Waals surface area contributed by atoms with E-state index >= 15 is 0 Å². The van der Waals surface area contributed by atoms with Crippen LogP contribution in [0.1, 0.15) is 18.1 Å². The molecule has 0 spiro atoms. The summed E-state index contributed by atoms with van der Waals surface area (Å²) < 4.78 is 42.1. The molecule has 4 aromatic rings. The number of hydrogen-bond donors (Lipinski definition) is 1. The van der Waals surface area contributed by atoms with Gasteiger partial charge in [0.1, 0.15) is 6.73 Å². The summed E-state index contributed by atoms with van der Waals surface area (Å²) in [5.41, 5.74) is 1.09. The van der Waals surface area contributed by atoms with Crippen LogP contribution in [-0.4, -0.2) is 21.1 Å². The molecule has 0 amide bonds. The predicted molar refractivity (Wildman–Crippen MR) is 128 cm³/mol. The van der Waals surface area contributed by atoms with Crippen LogP contribution in [0.15, 0.2) is 65.7 Å². The summed E-state index contributed by atoms with van der Waals surface area (Å²) in [6.07, 6.45) is 2.69. The number of phosphoric acid groups is 1. The SMILES string of the molecule is O=c1ccn(COP(=O)([O-])O)c2c1ccc1cc(P3(=O)OCCC(c4cccc(Cl)c4)O3)cnc12.[Na+]. The van der Waals surface area contributed by atoms with Gasteiger partial charge in [0, 0.05) is 40.7 Å². The first-order chi connectivity index (χ1) is 16.6. The van der Waals surface area contributed by atoms with E-state index in [2.05, 4.69) is 9.51 Å². The third-order valence-electron chi connectivity index (χ3n) is 5.57. The van der Waals surface area contributed by atoms with Crippen molar-refractivity contribution in [1.82, 2.24) is 9.55 Å². The van der Waals surface area contributed by atoms with Crippen molar-refractivity contribution in [3.8, 4) is 0 Å². The summed E-state index contributed by atoms with van der Waals surface area (Å²) in [5.74, 6) is 0. The standard InChI is InChI=1S/C22H19ClN2O8P2.Na/c23-16-3-1-2-14(10-16)20-7-9-31-34(27,33-20)17-11-15-4-5-18-19(26)6-8-25(13-32-35(28,29)30)22(18)21(15)24-12-17;/h1-6,8,10-12,20H,7,9,13H2,(H2,28,29,30);/q;+1/p-1. The van der Waals surface area contributed by atoms with Gasteiger partial charge in [-0.2, -0.15) is 0 Å². The Labute approximate surface area is 232 Å². The molecule has 1 fully saturated rings. The summed E-state index contributed by atoms with van der Waals surface area (Å²) in [5, 5.41) is 1.55. The van der Waals surface area contributed by atoms with Gasteiger partial charge >= 0.3 is 37.2 Å². The predicted octanol–water partition coefficient (Wildman–Crippen LogP) is 0.638. The number of hydrogen-bond acceptors (Lipinski definition) is 8. The summed E-state index contributed by atoms with van der Waals surface area (Å²) in [4.78, 5) is 36.8. The van der Waals surface area contributed by atoms with Gasteiger partial charge in [0.25, 0.3) is 7.82 Å². The summed E-state index contributed by atoms with van der Waals surface area (Å²) in [7, 11) is -8.73. The average molecular weight is 559 g/mol. The molecule has 1 aliphatic heterocycles. The van der Waals surface area contributed by atoms with Crippen LogP contribution < -0.4 is 45.2 Å². The second-order valence-electron chi connectivity index (χ2n) is 7.87. The Morgan fingerprint density at radius 1 is 1.28 bits per heavy atom. The number of nitrogens with zero attached hydrogens (tertiary/aromatic N) is 2. The minimum Gasteiger partial charge on any atom is -0.756 e. The molecule has 1 saturated heterocycles. The zero-order chi connectivity index (χ0) is 24.8. The normalized spacial score (nSPS) is 21.7. The molecule has 14 heteroatoms. The number of fused-ring (bicyclic) bond motifs is 3. The Morgan fingerprint density at radius 3 is 2.83 bits per heavy atom. The Balaban J connectivity index is 0.00000304. The maximum Gasteiger partial charge on any atom is 1.00 e. The third-order valence-corrected chi connectivity index (χ3v) is 8.18. The molecule has 3 unspecified atom stereocenters. The fourth-order valence-corrected chi connectivity index (χ4v) is 6.18. The number of phosphoric ester groups is 1. The van der Waals surface area contributed by atoms with E-state index in [4.69, 9.17) is 25.5 Å². The first-order valence-corrected chi connectivity index (χ1v) is 13.8. The van der Waals surface area contributed by atoms with Gasteiger partial charge in [-0.3, -0.25) is 28.0 Å². The number of pyridine rings is 2. The molecule has 2 aromatic heterocycles. The van der Waals surface area contributed by atoms with Crippen molar-refractivity contribution in [1.29, 1.82) is 0 Å². The van der Waals surface area contributed by atoms with Crippen LogP contribution in [0.5, 0.6) is 0 Å². The first-order valence-electron chi connectivity index (χ1n) is 10.4. The van der Waals surface area contributed by atoms with E-state index in [-0.39, 0.29) is 57.8 Å². The van der Waals surface area contributed by atoms with Crippen LogP contribution in [-0.2, 0) is 29.4 Å². The van der Waals surface area contributed by atoms with Crippen LogP contribution >= 0.6 is 27.0 Å². The van der Waals surface area contributed by atoms with Gasteiger partial charge in [-0.25, -0.2) is 0 Å². The zero-order valence-electron chi connectivity index (χ0n) is 18.9. The van der Waals surface area contributed by atoms with Gasteiger partial charge in [-0.1, -0.05) is 29.8 Å². The molecule has 1 aliphatic rings. The van der Waals surface area contributed by atoms with E-state index < -0.39 is 28.3 Å². The molecule has 0 radical (unpaired) electrons. The van der Waals surface area contributed by atoms with Crippen molar-refractivity contribution >= 4 is 54.1 Å². The molecule has 1 N–H and O–H groups in total. The van der Waals surface area contributed by atoms with Crippen LogP contribution in [0.3, 0.4) is 0 Å². The van der Waals surface area contributed by atoms with Crippen molar-refractivity contribution in [3.63, 3.8) is 0 Å². The van der Waals surface area contributed by atoms with Gasteiger partial charge in [0.05, 0.1) is 29.0 Å². The maximum absolute atomic E-state index is 13.7. The van der Waals surface area contributed by atoms with Gasteiger partial charge in [0.15, 0.2) is 5.43 Å². The van der Waals surface area contributed by atoms with E-state index in [0.29, 0.717) is 22.3 Å². The fourth-order valence-electron chi connectivity index (χ4n) is 3.98. The molecule has 0 saturated carbocycles. The summed E-state index contributed by atoms with van der Waals surface area (Å²) in [6.45, 7) is -0.361. The van der Waals surface area contributed by atoms with E-state index in [0.717, 1.165) is 5.56 Å². The van der Waals surface area contributed by atoms with Crippen molar-refractivity contribution in [2.75, 3.05) is 6.61 Å². The minimum atomic E-state index is -5.00. The summed E-state index contributed by atoms with van der Waals surface area (Å²) >= 11 is 6.09. The molecule has 5 rings (SSSR count). The van der Waals surface area contributed by atoms with Gasteiger partial charge < -0.3 is 18.9 Å². The van der Waals surface area contributed by atoms with Crippen molar-refractivity contribution < 1.29 is 62.0 Å². The summed E-state index contributed by atoms with van der Waals surface area (Å²) in [6, 6.07) is 13.1. The maximum atomic E-state index is 13.7. The van der Waals surface area contributed by atoms with Gasteiger partial charge in [-0.15, -0.1) is 0 Å². The Bertz CT molecular complexity index is 1610. The van der Waals surface area contributed by atoms with E-state index in [1.54, 1.807) is 36.4 Å². The van der Waals surface area contributed by atoms with Gasteiger partial charge in [-0.05, 0) is 29.8 Å². The molecular weight excluding hydrogens is 541 g/mol. The smallest absolute Gasteiger partial charge is 0.756 e. The number of halogens is 1. The molecule has 36 heavy (non-hydrogen) atoms. The van der Waals surface area contributed by atoms with E-state index in [9.17, 15) is 18.8 Å². The molecular formula is C22H18ClN2NaO8P2. The molecule has 2 aromatic carbocycles. The molecule has 10 nitrogen and oxygen atoms in total. The minimum absolute atomic E-state index is 0. The Hall–Kier alpha value is -1.39. The molecule has 0 bridgehead atoms. The number of rotatable bonds is 5. The second kappa shape index (κ2) is 10.8. The monoisotopic (exact) mass is 558 g/mol. The number of benzene rings is 2. The van der Waals surface area contributed by atoms with Crippen molar-refractivity contribution in [3.05, 3.63) is 81.7 Å². The first kappa shape index (κ1) is 27.6. The fraction of sp³-hybridized carbons (Fsp3) is 0.182. The Kier molecular flexibility index (Phi) is 8.27. The quantitative estimate of drug-likeness (QED) is 0.212. The van der Waals surface area contributed by atoms with E-state index in [1.165, 1.54) is 23.0 Å². The molecule has 3 atom stereocenters. The van der Waals surface area contributed by atoms with Crippen LogP contribution in [0, 0.1) is 0 Å². The average Bonchev–Trinajstić information content (AvgIpc) is 2.82. The van der Waals surface area contributed by atoms with Crippen LogP contribution in [0.4, 0.5) is 0 Å². The third kappa shape index (κ3) is 5.70. The molecule has 3 heterocycles. The zero-order valence-corrected chi connectivity index (χ0v) is 23.5. The van der Waals surface area contributed by atoms with Crippen molar-refractivity contribution in [2.24, 2.45) is 0 Å². The van der Waals surface area contributed by atoms with Crippen LogP contribution in [0.25, 0.3) is 21.8 Å². The number of aromatic nitrogens is 2. The van der Waals surface area contributed by atoms with Gasteiger partial charge in [0.2, 0.25) is 0 Å². The molecule has 182 valence electrons.